The Hall–Kier alpha value is -1.07. The monoisotopic (exact) mass is 313 g/mol. The van der Waals surface area contributed by atoms with Crippen LogP contribution in [0.3, 0.4) is 0 Å². The summed E-state index contributed by atoms with van der Waals surface area (Å²) in [5, 5.41) is 4.88. The van der Waals surface area contributed by atoms with Gasteiger partial charge in [-0.15, -0.1) is 11.3 Å². The number of furan rings is 1. The van der Waals surface area contributed by atoms with Gasteiger partial charge in [-0.05, 0) is 28.1 Å². The minimum Gasteiger partial charge on any atom is -0.469 e. The number of carbonyl (C=O) groups excluding carboxylic acids is 1. The van der Waals surface area contributed by atoms with Gasteiger partial charge < -0.3 is 9.73 Å². The minimum atomic E-state index is -0.0832. The molecule has 0 aliphatic heterocycles. The summed E-state index contributed by atoms with van der Waals surface area (Å²) in [6.45, 7) is 2.51. The molecule has 17 heavy (non-hydrogen) atoms. The lowest BCUT2D eigenvalue weighted by Crippen LogP contribution is -2.22. The van der Waals surface area contributed by atoms with Gasteiger partial charge in [0, 0.05) is 21.2 Å². The summed E-state index contributed by atoms with van der Waals surface area (Å²) in [5.41, 5.74) is 0.628. The topological polar surface area (TPSA) is 42.2 Å². The fourth-order valence-corrected chi connectivity index (χ4v) is 2.92. The molecule has 0 fully saturated rings. The molecule has 0 bridgehead atoms. The minimum absolute atomic E-state index is 0.0832. The molecule has 0 spiro atoms. The van der Waals surface area contributed by atoms with Gasteiger partial charge in [-0.1, -0.05) is 6.92 Å². The van der Waals surface area contributed by atoms with Crippen LogP contribution in [0.1, 0.15) is 27.9 Å². The van der Waals surface area contributed by atoms with Crippen LogP contribution in [0.2, 0.25) is 0 Å². The second kappa shape index (κ2) is 5.51. The van der Waals surface area contributed by atoms with Crippen LogP contribution >= 0.6 is 27.3 Å². The van der Waals surface area contributed by atoms with Gasteiger partial charge in [0.15, 0.2) is 0 Å². The second-order valence-corrected chi connectivity index (χ2v) is 5.44. The number of halogens is 1. The van der Waals surface area contributed by atoms with E-state index in [4.69, 9.17) is 4.42 Å². The van der Waals surface area contributed by atoms with Crippen molar-refractivity contribution in [3.63, 3.8) is 0 Å². The highest BCUT2D eigenvalue weighted by molar-refractivity contribution is 9.10. The number of thiophene rings is 1. The van der Waals surface area contributed by atoms with Crippen LogP contribution < -0.4 is 5.32 Å². The van der Waals surface area contributed by atoms with Crippen LogP contribution in [0, 0.1) is 0 Å². The predicted octanol–water partition coefficient (Wildman–Crippen LogP) is 3.60. The van der Waals surface area contributed by atoms with Crippen molar-refractivity contribution < 1.29 is 9.21 Å². The summed E-state index contributed by atoms with van der Waals surface area (Å²) >= 11 is 5.00. The predicted molar refractivity (Wildman–Crippen MR) is 71.3 cm³/mol. The van der Waals surface area contributed by atoms with E-state index >= 15 is 0 Å². The Kier molecular flexibility index (Phi) is 4.02. The van der Waals surface area contributed by atoms with E-state index in [0.29, 0.717) is 12.1 Å². The van der Waals surface area contributed by atoms with Crippen molar-refractivity contribution in [3.8, 4) is 0 Å². The van der Waals surface area contributed by atoms with Gasteiger partial charge in [0.2, 0.25) is 0 Å². The van der Waals surface area contributed by atoms with Crippen LogP contribution in [-0.2, 0) is 13.0 Å². The Bertz CT molecular complexity index is 518. The summed E-state index contributed by atoms with van der Waals surface area (Å²) in [4.78, 5) is 13.0. The maximum Gasteiger partial charge on any atom is 0.255 e. The fraction of sp³-hybridized carbons (Fsp3) is 0.250. The highest BCUT2D eigenvalue weighted by Crippen LogP contribution is 2.19. The van der Waals surface area contributed by atoms with E-state index in [9.17, 15) is 4.79 Å². The van der Waals surface area contributed by atoms with Crippen molar-refractivity contribution >= 4 is 33.2 Å². The Morgan fingerprint density at radius 2 is 2.41 bits per heavy atom. The molecule has 2 rings (SSSR count). The summed E-state index contributed by atoms with van der Waals surface area (Å²) in [6, 6.07) is 3.71. The Morgan fingerprint density at radius 1 is 1.59 bits per heavy atom. The van der Waals surface area contributed by atoms with Crippen molar-refractivity contribution in [2.45, 2.75) is 19.9 Å². The summed E-state index contributed by atoms with van der Waals surface area (Å²) in [5.74, 6) is 0.648. The number of hydrogen-bond donors (Lipinski definition) is 1. The lowest BCUT2D eigenvalue weighted by atomic mass is 10.2. The molecule has 0 saturated carbocycles. The van der Waals surface area contributed by atoms with Crippen LogP contribution in [0.15, 0.2) is 32.7 Å². The number of amides is 1. The van der Waals surface area contributed by atoms with E-state index in [1.807, 2.05) is 18.4 Å². The summed E-state index contributed by atoms with van der Waals surface area (Å²) < 4.78 is 6.27. The van der Waals surface area contributed by atoms with Gasteiger partial charge in [-0.2, -0.15) is 0 Å². The molecule has 0 radical (unpaired) electrons. The SMILES string of the molecule is CCc1occc1C(=O)NCc1cc(Br)cs1. The number of rotatable bonds is 4. The first-order chi connectivity index (χ1) is 8.20. The highest BCUT2D eigenvalue weighted by atomic mass is 79.9. The van der Waals surface area contributed by atoms with E-state index in [-0.39, 0.29) is 5.91 Å². The van der Waals surface area contributed by atoms with Crippen LogP contribution in [0.4, 0.5) is 0 Å². The zero-order valence-corrected chi connectivity index (χ0v) is 11.7. The molecule has 5 heteroatoms. The van der Waals surface area contributed by atoms with Crippen LogP contribution in [-0.4, -0.2) is 5.91 Å². The second-order valence-electron chi connectivity index (χ2n) is 3.52. The summed E-state index contributed by atoms with van der Waals surface area (Å²) in [7, 11) is 0. The molecule has 0 saturated heterocycles. The van der Waals surface area contributed by atoms with Gasteiger partial charge in [0.05, 0.1) is 18.4 Å². The van der Waals surface area contributed by atoms with E-state index in [0.717, 1.165) is 21.5 Å². The van der Waals surface area contributed by atoms with Gasteiger partial charge >= 0.3 is 0 Å². The lowest BCUT2D eigenvalue weighted by Gasteiger charge is -2.02. The molecular formula is C12H12BrNO2S. The third-order valence-electron chi connectivity index (χ3n) is 2.36. The first-order valence-corrected chi connectivity index (χ1v) is 6.95. The van der Waals surface area contributed by atoms with Gasteiger partial charge in [-0.25, -0.2) is 0 Å². The average Bonchev–Trinajstić information content (AvgIpc) is 2.94. The number of nitrogens with one attached hydrogen (secondary N) is 1. The molecule has 1 amide bonds. The van der Waals surface area contributed by atoms with E-state index in [2.05, 4.69) is 21.2 Å². The molecule has 2 aromatic rings. The van der Waals surface area contributed by atoms with Gasteiger partial charge in [0.1, 0.15) is 5.76 Å². The normalized spacial score (nSPS) is 10.5. The molecular weight excluding hydrogens is 302 g/mol. The van der Waals surface area contributed by atoms with Crippen molar-refractivity contribution in [3.05, 3.63) is 44.4 Å². The number of hydrogen-bond acceptors (Lipinski definition) is 3. The first kappa shape index (κ1) is 12.4. The first-order valence-electron chi connectivity index (χ1n) is 5.28. The molecule has 0 aliphatic carbocycles. The number of carbonyl (C=O) groups is 1. The third kappa shape index (κ3) is 2.98. The fourth-order valence-electron chi connectivity index (χ4n) is 1.53. The van der Waals surface area contributed by atoms with Crippen molar-refractivity contribution in [2.24, 2.45) is 0 Å². The van der Waals surface area contributed by atoms with Crippen molar-refractivity contribution in [1.29, 1.82) is 0 Å². The third-order valence-corrected chi connectivity index (χ3v) is 4.05. The zero-order valence-electron chi connectivity index (χ0n) is 9.33. The standard InChI is InChI=1S/C12H12BrNO2S/c1-2-11-10(3-4-16-11)12(15)14-6-9-5-8(13)7-17-9/h3-5,7H,2,6H2,1H3,(H,14,15). The lowest BCUT2D eigenvalue weighted by molar-refractivity contribution is 0.0949. The highest BCUT2D eigenvalue weighted by Gasteiger charge is 2.12. The smallest absolute Gasteiger partial charge is 0.255 e. The van der Waals surface area contributed by atoms with Crippen LogP contribution in [0.5, 0.6) is 0 Å². The molecule has 0 aliphatic rings. The molecule has 0 atom stereocenters. The molecule has 1 N–H and O–H groups in total. The Balaban J connectivity index is 1.98. The van der Waals surface area contributed by atoms with E-state index in [1.54, 1.807) is 23.7 Å². The molecule has 0 unspecified atom stereocenters. The van der Waals surface area contributed by atoms with Gasteiger partial charge in [0.25, 0.3) is 5.91 Å². The maximum absolute atomic E-state index is 11.9. The Labute approximate surface area is 112 Å². The molecule has 90 valence electrons. The van der Waals surface area contributed by atoms with Crippen LogP contribution in [0.25, 0.3) is 0 Å². The van der Waals surface area contributed by atoms with Crippen molar-refractivity contribution in [1.82, 2.24) is 5.32 Å². The molecule has 0 aromatic carbocycles. The largest absolute Gasteiger partial charge is 0.469 e. The zero-order chi connectivity index (χ0) is 12.3. The van der Waals surface area contributed by atoms with Gasteiger partial charge in [-0.3, -0.25) is 4.79 Å². The van der Waals surface area contributed by atoms with E-state index in [1.165, 1.54) is 0 Å². The summed E-state index contributed by atoms with van der Waals surface area (Å²) in [6.07, 6.45) is 2.27. The maximum atomic E-state index is 11.9. The van der Waals surface area contributed by atoms with E-state index < -0.39 is 0 Å². The average molecular weight is 314 g/mol. The Morgan fingerprint density at radius 3 is 3.06 bits per heavy atom. The molecule has 3 nitrogen and oxygen atoms in total. The quantitative estimate of drug-likeness (QED) is 0.937. The molecule has 2 aromatic heterocycles. The van der Waals surface area contributed by atoms with Crippen molar-refractivity contribution in [2.75, 3.05) is 0 Å². The number of aryl methyl sites for hydroxylation is 1. The molecule has 2 heterocycles.